The van der Waals surface area contributed by atoms with Gasteiger partial charge in [0, 0.05) is 5.69 Å². The predicted molar refractivity (Wildman–Crippen MR) is 79.6 cm³/mol. The summed E-state index contributed by atoms with van der Waals surface area (Å²) in [5, 5.41) is 2.88. The molecule has 0 aromatic heterocycles. The van der Waals surface area contributed by atoms with E-state index in [1.54, 1.807) is 19.1 Å². The highest BCUT2D eigenvalue weighted by atomic mass is 19.1. The molecule has 0 aliphatic rings. The largest absolute Gasteiger partial charge is 0.396 e. The summed E-state index contributed by atoms with van der Waals surface area (Å²) in [4.78, 5) is 15.9. The molecule has 6 heteroatoms. The number of nitrogens with one attached hydrogen (secondary N) is 1. The molecule has 0 amide bonds. The zero-order valence-corrected chi connectivity index (χ0v) is 11.7. The predicted octanol–water partition coefficient (Wildman–Crippen LogP) is 2.80. The standard InChI is InChI=1S/C15H16FN3O2/c1-8-5-3-4-6-11(8)19-14-10(15(20)21-18)7-9(2)13(17)12(14)16/h3-7,19H,17-18H2,1-2H3. The Kier molecular flexibility index (Phi) is 4.09. The van der Waals surface area contributed by atoms with Crippen molar-refractivity contribution in [1.82, 2.24) is 0 Å². The van der Waals surface area contributed by atoms with Crippen molar-refractivity contribution in [2.45, 2.75) is 13.8 Å². The average Bonchev–Trinajstić information content (AvgIpc) is 2.48. The fraction of sp³-hybridized carbons (Fsp3) is 0.133. The molecule has 0 spiro atoms. The molecule has 0 unspecified atom stereocenters. The van der Waals surface area contributed by atoms with Gasteiger partial charge < -0.3 is 15.9 Å². The summed E-state index contributed by atoms with van der Waals surface area (Å²) in [6.45, 7) is 3.46. The number of anilines is 3. The van der Waals surface area contributed by atoms with Crippen LogP contribution in [-0.2, 0) is 4.84 Å². The summed E-state index contributed by atoms with van der Waals surface area (Å²) in [7, 11) is 0. The Morgan fingerprint density at radius 3 is 2.52 bits per heavy atom. The third kappa shape index (κ3) is 2.80. The number of benzene rings is 2. The van der Waals surface area contributed by atoms with Gasteiger partial charge in [-0.15, -0.1) is 0 Å². The van der Waals surface area contributed by atoms with Gasteiger partial charge in [0.15, 0.2) is 5.82 Å². The number of carbonyl (C=O) groups is 1. The van der Waals surface area contributed by atoms with Gasteiger partial charge >= 0.3 is 5.97 Å². The second kappa shape index (κ2) is 5.80. The summed E-state index contributed by atoms with van der Waals surface area (Å²) in [6.07, 6.45) is 0. The van der Waals surface area contributed by atoms with Crippen LogP contribution >= 0.6 is 0 Å². The number of hydrogen-bond acceptors (Lipinski definition) is 5. The molecule has 0 aliphatic heterocycles. The Morgan fingerprint density at radius 2 is 1.90 bits per heavy atom. The molecule has 0 radical (unpaired) electrons. The molecule has 0 aliphatic carbocycles. The molecule has 0 heterocycles. The third-order valence-corrected chi connectivity index (χ3v) is 3.24. The normalized spacial score (nSPS) is 10.3. The summed E-state index contributed by atoms with van der Waals surface area (Å²) in [6, 6.07) is 8.72. The molecule has 21 heavy (non-hydrogen) atoms. The zero-order valence-electron chi connectivity index (χ0n) is 11.7. The molecule has 2 aromatic rings. The van der Waals surface area contributed by atoms with Crippen molar-refractivity contribution in [3.8, 4) is 0 Å². The molecule has 0 atom stereocenters. The van der Waals surface area contributed by atoms with Crippen molar-refractivity contribution in [2.24, 2.45) is 5.90 Å². The first-order valence-electron chi connectivity index (χ1n) is 6.28. The molecule has 110 valence electrons. The third-order valence-electron chi connectivity index (χ3n) is 3.24. The Labute approximate surface area is 121 Å². The summed E-state index contributed by atoms with van der Waals surface area (Å²) in [5.41, 5.74) is 7.58. The van der Waals surface area contributed by atoms with Crippen LogP contribution in [0.1, 0.15) is 21.5 Å². The summed E-state index contributed by atoms with van der Waals surface area (Å²) < 4.78 is 14.4. The van der Waals surface area contributed by atoms with Crippen molar-refractivity contribution in [1.29, 1.82) is 0 Å². The highest BCUT2D eigenvalue weighted by Gasteiger charge is 2.21. The summed E-state index contributed by atoms with van der Waals surface area (Å²) >= 11 is 0. The molecule has 2 aromatic carbocycles. The highest BCUT2D eigenvalue weighted by molar-refractivity contribution is 5.98. The number of nitrogens with two attached hydrogens (primary N) is 2. The van der Waals surface area contributed by atoms with Crippen LogP contribution in [0.5, 0.6) is 0 Å². The molecule has 2 rings (SSSR count). The van der Waals surface area contributed by atoms with Gasteiger partial charge in [0.2, 0.25) is 0 Å². The van der Waals surface area contributed by atoms with Gasteiger partial charge in [-0.25, -0.2) is 9.18 Å². The fourth-order valence-corrected chi connectivity index (χ4v) is 1.99. The van der Waals surface area contributed by atoms with Crippen LogP contribution in [-0.4, -0.2) is 5.97 Å². The zero-order chi connectivity index (χ0) is 15.6. The molecular formula is C15H16FN3O2. The van der Waals surface area contributed by atoms with Crippen LogP contribution in [0.3, 0.4) is 0 Å². The SMILES string of the molecule is Cc1ccccc1Nc1c(C(=O)ON)cc(C)c(N)c1F. The molecule has 0 fully saturated rings. The van der Waals surface area contributed by atoms with Gasteiger partial charge in [-0.3, -0.25) is 0 Å². The van der Waals surface area contributed by atoms with E-state index >= 15 is 0 Å². The maximum atomic E-state index is 14.4. The van der Waals surface area contributed by atoms with E-state index in [1.807, 2.05) is 19.1 Å². The number of para-hydroxylation sites is 1. The van der Waals surface area contributed by atoms with Gasteiger partial charge in [0.1, 0.15) is 0 Å². The molecule has 0 bridgehead atoms. The second-order valence-electron chi connectivity index (χ2n) is 4.69. The highest BCUT2D eigenvalue weighted by Crippen LogP contribution is 2.32. The van der Waals surface area contributed by atoms with Gasteiger partial charge in [0.25, 0.3) is 0 Å². The van der Waals surface area contributed by atoms with E-state index in [0.717, 1.165) is 5.56 Å². The van der Waals surface area contributed by atoms with Gasteiger partial charge in [-0.05, 0) is 37.1 Å². The Balaban J connectivity index is 2.59. The number of halogens is 1. The van der Waals surface area contributed by atoms with E-state index in [1.165, 1.54) is 6.07 Å². The Bertz CT molecular complexity index is 702. The van der Waals surface area contributed by atoms with Crippen molar-refractivity contribution in [3.05, 3.63) is 52.8 Å². The lowest BCUT2D eigenvalue weighted by molar-refractivity contribution is 0.0504. The van der Waals surface area contributed by atoms with E-state index in [2.05, 4.69) is 10.2 Å². The smallest absolute Gasteiger partial charge is 0.358 e. The van der Waals surface area contributed by atoms with Crippen LogP contribution in [0, 0.1) is 19.7 Å². The first-order chi connectivity index (χ1) is 9.95. The van der Waals surface area contributed by atoms with E-state index in [9.17, 15) is 9.18 Å². The van der Waals surface area contributed by atoms with E-state index in [-0.39, 0.29) is 16.9 Å². The van der Waals surface area contributed by atoms with Crippen LogP contribution in [0.25, 0.3) is 0 Å². The van der Waals surface area contributed by atoms with Gasteiger partial charge in [-0.1, -0.05) is 18.2 Å². The number of nitrogen functional groups attached to an aromatic ring is 1. The Morgan fingerprint density at radius 1 is 1.24 bits per heavy atom. The van der Waals surface area contributed by atoms with Crippen molar-refractivity contribution in [2.75, 3.05) is 11.1 Å². The minimum absolute atomic E-state index is 0.00930. The topological polar surface area (TPSA) is 90.4 Å². The Hall–Kier alpha value is -2.60. The van der Waals surface area contributed by atoms with Gasteiger partial charge in [-0.2, -0.15) is 5.90 Å². The first kappa shape index (κ1) is 14.8. The second-order valence-corrected chi connectivity index (χ2v) is 4.69. The van der Waals surface area contributed by atoms with Crippen molar-refractivity contribution in [3.63, 3.8) is 0 Å². The van der Waals surface area contributed by atoms with Gasteiger partial charge in [0.05, 0.1) is 16.9 Å². The molecular weight excluding hydrogens is 273 g/mol. The first-order valence-corrected chi connectivity index (χ1v) is 6.28. The quantitative estimate of drug-likeness (QED) is 0.597. The summed E-state index contributed by atoms with van der Waals surface area (Å²) in [5.74, 6) is 3.35. The monoisotopic (exact) mass is 289 g/mol. The fourth-order valence-electron chi connectivity index (χ4n) is 1.99. The minimum Gasteiger partial charge on any atom is -0.396 e. The number of hydrogen-bond donors (Lipinski definition) is 3. The van der Waals surface area contributed by atoms with Crippen LogP contribution in [0.15, 0.2) is 30.3 Å². The van der Waals surface area contributed by atoms with Crippen LogP contribution < -0.4 is 16.9 Å². The minimum atomic E-state index is -0.840. The maximum Gasteiger partial charge on any atom is 0.358 e. The van der Waals surface area contributed by atoms with E-state index in [4.69, 9.17) is 11.6 Å². The van der Waals surface area contributed by atoms with E-state index in [0.29, 0.717) is 11.3 Å². The lowest BCUT2D eigenvalue weighted by Crippen LogP contribution is -2.15. The maximum absolute atomic E-state index is 14.4. The van der Waals surface area contributed by atoms with Crippen molar-refractivity contribution < 1.29 is 14.0 Å². The number of aryl methyl sites for hydroxylation is 2. The lowest BCUT2D eigenvalue weighted by atomic mass is 10.1. The number of rotatable bonds is 3. The van der Waals surface area contributed by atoms with E-state index < -0.39 is 11.8 Å². The number of carbonyl (C=O) groups excluding carboxylic acids is 1. The molecule has 5 nitrogen and oxygen atoms in total. The van der Waals surface area contributed by atoms with Crippen LogP contribution in [0.2, 0.25) is 0 Å². The molecule has 0 saturated carbocycles. The molecule has 5 N–H and O–H groups in total. The van der Waals surface area contributed by atoms with Crippen LogP contribution in [0.4, 0.5) is 21.5 Å². The lowest BCUT2D eigenvalue weighted by Gasteiger charge is -2.16. The molecule has 0 saturated heterocycles. The van der Waals surface area contributed by atoms with Crippen molar-refractivity contribution >= 4 is 23.0 Å². The average molecular weight is 289 g/mol.